The first kappa shape index (κ1) is 17.3. The van der Waals surface area contributed by atoms with Crippen LogP contribution in [0, 0.1) is 5.92 Å². The number of rotatable bonds is 5. The molecule has 1 fully saturated rings. The van der Waals surface area contributed by atoms with Crippen LogP contribution in [0.3, 0.4) is 0 Å². The molecule has 0 aliphatic heterocycles. The van der Waals surface area contributed by atoms with Crippen LogP contribution in [-0.2, 0) is 4.74 Å². The van der Waals surface area contributed by atoms with E-state index in [1.165, 1.54) is 38.5 Å². The molecule has 118 valence electrons. The summed E-state index contributed by atoms with van der Waals surface area (Å²) in [7, 11) is 0. The second kappa shape index (κ2) is 8.50. The first-order chi connectivity index (χ1) is 9.37. The molecule has 4 nitrogen and oxygen atoms in total. The number of hydrogen-bond acceptors (Lipinski definition) is 3. The summed E-state index contributed by atoms with van der Waals surface area (Å²) >= 11 is 0. The molecule has 1 saturated carbocycles. The summed E-state index contributed by atoms with van der Waals surface area (Å²) in [6.07, 6.45) is 7.89. The van der Waals surface area contributed by atoms with Gasteiger partial charge in [-0.1, -0.05) is 25.7 Å². The molecule has 1 rings (SSSR count). The lowest BCUT2D eigenvalue weighted by Gasteiger charge is -2.22. The molecule has 0 bridgehead atoms. The molecule has 1 unspecified atom stereocenters. The Kier molecular flexibility index (Phi) is 7.35. The fourth-order valence-electron chi connectivity index (χ4n) is 2.56. The Morgan fingerprint density at radius 1 is 1.20 bits per heavy atom. The molecule has 0 spiro atoms. The SMILES string of the molecule is CC(CNC(=O)OC(C)(C)C)NCC1CCCCCC1. The van der Waals surface area contributed by atoms with Gasteiger partial charge in [0.25, 0.3) is 0 Å². The lowest BCUT2D eigenvalue weighted by molar-refractivity contribution is 0.0523. The molecule has 1 atom stereocenters. The maximum atomic E-state index is 11.6. The summed E-state index contributed by atoms with van der Waals surface area (Å²) in [5, 5.41) is 6.34. The smallest absolute Gasteiger partial charge is 0.407 e. The van der Waals surface area contributed by atoms with Gasteiger partial charge in [0.15, 0.2) is 0 Å². The highest BCUT2D eigenvalue weighted by atomic mass is 16.6. The van der Waals surface area contributed by atoms with E-state index in [0.717, 1.165) is 12.5 Å². The van der Waals surface area contributed by atoms with Crippen molar-refractivity contribution < 1.29 is 9.53 Å². The predicted octanol–water partition coefficient (Wildman–Crippen LogP) is 3.46. The Bertz CT molecular complexity index is 279. The summed E-state index contributed by atoms with van der Waals surface area (Å²) in [6, 6.07) is 0.283. The highest BCUT2D eigenvalue weighted by Crippen LogP contribution is 2.22. The van der Waals surface area contributed by atoms with Crippen LogP contribution in [0.2, 0.25) is 0 Å². The van der Waals surface area contributed by atoms with Gasteiger partial charge in [-0.3, -0.25) is 0 Å². The zero-order valence-electron chi connectivity index (χ0n) is 13.6. The van der Waals surface area contributed by atoms with Gasteiger partial charge in [0.05, 0.1) is 0 Å². The van der Waals surface area contributed by atoms with Gasteiger partial charge in [-0.2, -0.15) is 0 Å². The number of nitrogens with one attached hydrogen (secondary N) is 2. The topological polar surface area (TPSA) is 50.4 Å². The van der Waals surface area contributed by atoms with Crippen molar-refractivity contribution in [2.75, 3.05) is 13.1 Å². The minimum atomic E-state index is -0.429. The normalized spacial score (nSPS) is 19.2. The lowest BCUT2D eigenvalue weighted by Crippen LogP contribution is -2.42. The molecule has 20 heavy (non-hydrogen) atoms. The van der Waals surface area contributed by atoms with Crippen LogP contribution in [0.4, 0.5) is 4.79 Å². The van der Waals surface area contributed by atoms with Crippen molar-refractivity contribution >= 4 is 6.09 Å². The first-order valence-electron chi connectivity index (χ1n) is 8.07. The van der Waals surface area contributed by atoms with Crippen LogP contribution < -0.4 is 10.6 Å². The molecule has 4 heteroatoms. The van der Waals surface area contributed by atoms with Crippen molar-refractivity contribution in [2.24, 2.45) is 5.92 Å². The fraction of sp³-hybridized carbons (Fsp3) is 0.938. The van der Waals surface area contributed by atoms with E-state index in [-0.39, 0.29) is 12.1 Å². The number of carbonyl (C=O) groups excluding carboxylic acids is 1. The summed E-state index contributed by atoms with van der Waals surface area (Å²) in [4.78, 5) is 11.6. The Morgan fingerprint density at radius 3 is 2.35 bits per heavy atom. The molecular weight excluding hydrogens is 252 g/mol. The maximum Gasteiger partial charge on any atom is 0.407 e. The van der Waals surface area contributed by atoms with Crippen molar-refractivity contribution in [3.05, 3.63) is 0 Å². The molecule has 0 aromatic carbocycles. The minimum absolute atomic E-state index is 0.283. The summed E-state index contributed by atoms with van der Waals surface area (Å²) < 4.78 is 5.22. The van der Waals surface area contributed by atoms with Gasteiger partial charge in [-0.05, 0) is 53.0 Å². The van der Waals surface area contributed by atoms with Gasteiger partial charge in [-0.15, -0.1) is 0 Å². The second-order valence-corrected chi connectivity index (χ2v) is 7.05. The van der Waals surface area contributed by atoms with Gasteiger partial charge in [0.2, 0.25) is 0 Å². The molecule has 2 N–H and O–H groups in total. The van der Waals surface area contributed by atoms with Crippen LogP contribution in [-0.4, -0.2) is 30.8 Å². The fourth-order valence-corrected chi connectivity index (χ4v) is 2.56. The van der Waals surface area contributed by atoms with Crippen LogP contribution in [0.1, 0.15) is 66.2 Å². The molecule has 0 saturated heterocycles. The standard InChI is InChI=1S/C16H32N2O2/c1-13(11-18-15(19)20-16(2,3)4)17-12-14-9-7-5-6-8-10-14/h13-14,17H,5-12H2,1-4H3,(H,18,19). The highest BCUT2D eigenvalue weighted by Gasteiger charge is 2.17. The van der Waals surface area contributed by atoms with Crippen molar-refractivity contribution in [3.63, 3.8) is 0 Å². The second-order valence-electron chi connectivity index (χ2n) is 7.05. The Labute approximate surface area is 124 Å². The van der Waals surface area contributed by atoms with Gasteiger partial charge in [-0.25, -0.2) is 4.79 Å². The Hall–Kier alpha value is -0.770. The molecule has 1 aliphatic rings. The summed E-state index contributed by atoms with van der Waals surface area (Å²) in [5.74, 6) is 0.807. The summed E-state index contributed by atoms with van der Waals surface area (Å²) in [5.41, 5.74) is -0.429. The number of ether oxygens (including phenoxy) is 1. The predicted molar refractivity (Wildman–Crippen MR) is 82.9 cm³/mol. The van der Waals surface area contributed by atoms with E-state index in [1.807, 2.05) is 20.8 Å². The molecule has 0 radical (unpaired) electrons. The molecular formula is C16H32N2O2. The van der Waals surface area contributed by atoms with Crippen molar-refractivity contribution in [2.45, 2.75) is 77.9 Å². The first-order valence-corrected chi connectivity index (χ1v) is 8.07. The average molecular weight is 284 g/mol. The maximum absolute atomic E-state index is 11.6. The largest absolute Gasteiger partial charge is 0.444 e. The third kappa shape index (κ3) is 8.41. The quantitative estimate of drug-likeness (QED) is 0.760. The summed E-state index contributed by atoms with van der Waals surface area (Å²) in [6.45, 7) is 9.41. The van der Waals surface area contributed by atoms with Crippen LogP contribution in [0.5, 0.6) is 0 Å². The van der Waals surface area contributed by atoms with Gasteiger partial charge < -0.3 is 15.4 Å². The van der Waals surface area contributed by atoms with Crippen LogP contribution in [0.25, 0.3) is 0 Å². The molecule has 0 heterocycles. The van der Waals surface area contributed by atoms with Crippen molar-refractivity contribution in [1.29, 1.82) is 0 Å². The van der Waals surface area contributed by atoms with E-state index in [0.29, 0.717) is 6.54 Å². The Balaban J connectivity index is 2.13. The molecule has 0 aromatic heterocycles. The van der Waals surface area contributed by atoms with Crippen LogP contribution in [0.15, 0.2) is 0 Å². The average Bonchev–Trinajstić information content (AvgIpc) is 2.60. The van der Waals surface area contributed by atoms with Crippen molar-refractivity contribution in [1.82, 2.24) is 10.6 Å². The molecule has 0 aromatic rings. The van der Waals surface area contributed by atoms with E-state index < -0.39 is 5.60 Å². The zero-order chi connectivity index (χ0) is 15.0. The molecule has 1 aliphatic carbocycles. The van der Waals surface area contributed by atoms with E-state index >= 15 is 0 Å². The van der Waals surface area contributed by atoms with Gasteiger partial charge >= 0.3 is 6.09 Å². The van der Waals surface area contributed by atoms with E-state index in [4.69, 9.17) is 4.74 Å². The third-order valence-corrected chi connectivity index (χ3v) is 3.68. The Morgan fingerprint density at radius 2 is 1.80 bits per heavy atom. The van der Waals surface area contributed by atoms with E-state index in [1.54, 1.807) is 0 Å². The number of alkyl carbamates (subject to hydrolysis) is 1. The zero-order valence-corrected chi connectivity index (χ0v) is 13.6. The molecule has 1 amide bonds. The third-order valence-electron chi connectivity index (χ3n) is 3.68. The van der Waals surface area contributed by atoms with Crippen molar-refractivity contribution in [3.8, 4) is 0 Å². The monoisotopic (exact) mass is 284 g/mol. The van der Waals surface area contributed by atoms with E-state index in [9.17, 15) is 4.79 Å². The minimum Gasteiger partial charge on any atom is -0.444 e. The lowest BCUT2D eigenvalue weighted by atomic mass is 10.0. The van der Waals surface area contributed by atoms with Gasteiger partial charge in [0, 0.05) is 12.6 Å². The van der Waals surface area contributed by atoms with E-state index in [2.05, 4.69) is 17.6 Å². The number of hydrogen-bond donors (Lipinski definition) is 2. The number of carbonyl (C=O) groups is 1. The van der Waals surface area contributed by atoms with Crippen LogP contribution >= 0.6 is 0 Å². The number of amides is 1. The van der Waals surface area contributed by atoms with Gasteiger partial charge in [0.1, 0.15) is 5.60 Å². The highest BCUT2D eigenvalue weighted by molar-refractivity contribution is 5.67.